The van der Waals surface area contributed by atoms with Gasteiger partial charge in [0, 0.05) is 94.3 Å². The molecule has 2 aromatic carbocycles. The number of hydrogen-bond donors (Lipinski definition) is 3. The summed E-state index contributed by atoms with van der Waals surface area (Å²) < 4.78 is 29.1. The van der Waals surface area contributed by atoms with Crippen LogP contribution in [-0.4, -0.2) is 113 Å². The Morgan fingerprint density at radius 2 is 1.66 bits per heavy atom. The minimum absolute atomic E-state index is 0.111. The van der Waals surface area contributed by atoms with Gasteiger partial charge in [0.2, 0.25) is 11.8 Å². The standard InChI is InChI=1S/C39H45FN10O6/c1-46-20-27(26-19-41-43-35(26)38(46)53)23-17-30(55-3)28(31(18-23)56-4)21-48-12-9-24(10-13-48)47(2)37(52)22-7-14-49(15-8-22)29-6-5-25-34(33(29)40)44-45-36(25)50-16-11-32(51)42-39(50)54/h5-6,17-20,22,24H,7-16,21H2,1-4H3,(H,41,43)(H,44,45)(H,42,51,54). The quantitative estimate of drug-likeness (QED) is 0.201. The van der Waals surface area contributed by atoms with Gasteiger partial charge < -0.3 is 23.8 Å². The second-order valence-corrected chi connectivity index (χ2v) is 14.8. The van der Waals surface area contributed by atoms with Gasteiger partial charge >= 0.3 is 6.03 Å². The van der Waals surface area contributed by atoms with E-state index in [1.54, 1.807) is 45.8 Å². The number of benzene rings is 2. The SMILES string of the molecule is COc1cc(-c2cn(C)c(=O)c3[nH]ncc23)cc(OC)c1CN1CCC(N(C)C(=O)C2CCN(c3ccc4c(N5CCC(=O)NC5=O)n[nH]c4c3F)CC2)CC1. The van der Waals surface area contributed by atoms with Crippen molar-refractivity contribution in [3.05, 3.63) is 58.4 Å². The average molecular weight is 769 g/mol. The van der Waals surface area contributed by atoms with Gasteiger partial charge in [0.1, 0.15) is 22.5 Å². The van der Waals surface area contributed by atoms with E-state index in [1.165, 1.54) is 9.47 Å². The molecule has 294 valence electrons. The number of imide groups is 1. The first kappa shape index (κ1) is 37.0. The fourth-order valence-electron chi connectivity index (χ4n) is 8.45. The van der Waals surface area contributed by atoms with Crippen molar-refractivity contribution in [2.75, 3.05) is 63.8 Å². The number of carbonyl (C=O) groups is 3. The number of rotatable bonds is 9. The first-order chi connectivity index (χ1) is 27.1. The highest BCUT2D eigenvalue weighted by molar-refractivity contribution is 6.09. The highest BCUT2D eigenvalue weighted by Crippen LogP contribution is 2.39. The summed E-state index contributed by atoms with van der Waals surface area (Å²) in [6, 6.07) is 6.90. The van der Waals surface area contributed by atoms with Crippen LogP contribution in [0.5, 0.6) is 11.5 Å². The number of H-pyrrole nitrogens is 2. The molecule has 0 atom stereocenters. The summed E-state index contributed by atoms with van der Waals surface area (Å²) in [6.45, 7) is 3.42. The highest BCUT2D eigenvalue weighted by atomic mass is 19.1. The number of piperidine rings is 2. The van der Waals surface area contributed by atoms with Gasteiger partial charge in [-0.3, -0.25) is 39.7 Å². The molecular formula is C39H45FN10O6. The zero-order valence-corrected chi connectivity index (χ0v) is 31.9. The van der Waals surface area contributed by atoms with Crippen LogP contribution in [0, 0.1) is 11.7 Å². The molecule has 0 aliphatic carbocycles. The van der Waals surface area contributed by atoms with Crippen molar-refractivity contribution in [2.45, 2.75) is 44.7 Å². The van der Waals surface area contributed by atoms with Crippen molar-refractivity contribution in [1.82, 2.24) is 40.1 Å². The molecule has 3 fully saturated rings. The number of aryl methyl sites for hydroxylation is 1. The zero-order chi connectivity index (χ0) is 39.2. The Labute approximate surface area is 321 Å². The molecule has 3 saturated heterocycles. The number of aromatic nitrogens is 5. The minimum atomic E-state index is -0.581. The van der Waals surface area contributed by atoms with E-state index in [0.29, 0.717) is 60.6 Å². The number of amides is 4. The summed E-state index contributed by atoms with van der Waals surface area (Å²) in [6.07, 6.45) is 6.46. The summed E-state index contributed by atoms with van der Waals surface area (Å²) >= 11 is 0. The molecule has 0 radical (unpaired) electrons. The molecule has 5 aromatic rings. The van der Waals surface area contributed by atoms with Crippen LogP contribution < -0.4 is 30.1 Å². The fourth-order valence-corrected chi connectivity index (χ4v) is 8.45. The molecule has 0 saturated carbocycles. The second kappa shape index (κ2) is 14.9. The van der Waals surface area contributed by atoms with E-state index < -0.39 is 11.8 Å². The molecule has 3 aromatic heterocycles. The maximum absolute atomic E-state index is 15.8. The monoisotopic (exact) mass is 768 g/mol. The minimum Gasteiger partial charge on any atom is -0.496 e. The first-order valence-electron chi connectivity index (χ1n) is 18.9. The molecule has 3 N–H and O–H groups in total. The molecule has 0 unspecified atom stereocenters. The molecule has 8 rings (SSSR count). The van der Waals surface area contributed by atoms with Gasteiger partial charge in [-0.05, 0) is 55.5 Å². The molecule has 16 nitrogen and oxygen atoms in total. The Morgan fingerprint density at radius 3 is 2.34 bits per heavy atom. The molecule has 17 heteroatoms. The Bertz CT molecular complexity index is 2370. The molecule has 3 aliphatic rings. The third-order valence-corrected chi connectivity index (χ3v) is 11.7. The van der Waals surface area contributed by atoms with Gasteiger partial charge in [-0.25, -0.2) is 9.18 Å². The number of likely N-dealkylation sites (tertiary alicyclic amines) is 1. The van der Waals surface area contributed by atoms with Crippen LogP contribution in [0.4, 0.5) is 20.7 Å². The van der Waals surface area contributed by atoms with Gasteiger partial charge in [0.05, 0.1) is 31.7 Å². The smallest absolute Gasteiger partial charge is 0.329 e. The average Bonchev–Trinajstić information content (AvgIpc) is 3.88. The zero-order valence-electron chi connectivity index (χ0n) is 31.9. The number of ether oxygens (including phenoxy) is 2. The van der Waals surface area contributed by atoms with Crippen LogP contribution in [-0.2, 0) is 23.2 Å². The number of anilines is 2. The number of aromatic amines is 2. The molecule has 0 spiro atoms. The lowest BCUT2D eigenvalue weighted by molar-refractivity contribution is -0.138. The molecule has 0 bridgehead atoms. The summed E-state index contributed by atoms with van der Waals surface area (Å²) in [5.74, 6) is 0.804. The Kier molecular flexibility index (Phi) is 9.86. The number of hydrogen-bond acceptors (Lipinski definition) is 10. The number of nitrogens with one attached hydrogen (secondary N) is 3. The summed E-state index contributed by atoms with van der Waals surface area (Å²) in [5, 5.41) is 17.3. The van der Waals surface area contributed by atoms with E-state index in [0.717, 1.165) is 48.0 Å². The normalized spacial score (nSPS) is 17.5. The Hall–Kier alpha value is -5.97. The van der Waals surface area contributed by atoms with E-state index in [2.05, 4.69) is 30.6 Å². The van der Waals surface area contributed by atoms with Crippen molar-refractivity contribution >= 4 is 51.2 Å². The lowest BCUT2D eigenvalue weighted by Gasteiger charge is -2.40. The third-order valence-electron chi connectivity index (χ3n) is 11.7. The maximum atomic E-state index is 15.8. The topological polar surface area (TPSA) is 174 Å². The van der Waals surface area contributed by atoms with Crippen molar-refractivity contribution in [2.24, 2.45) is 13.0 Å². The molecular weight excluding hydrogens is 723 g/mol. The number of carbonyl (C=O) groups excluding carboxylic acids is 3. The predicted octanol–water partition coefficient (Wildman–Crippen LogP) is 3.75. The van der Waals surface area contributed by atoms with Gasteiger partial charge in [0.25, 0.3) is 5.56 Å². The number of halogens is 1. The van der Waals surface area contributed by atoms with Crippen LogP contribution >= 0.6 is 0 Å². The van der Waals surface area contributed by atoms with Gasteiger partial charge in [-0.15, -0.1) is 0 Å². The molecule has 56 heavy (non-hydrogen) atoms. The molecule has 4 amide bonds. The number of pyridine rings is 1. The fraction of sp³-hybridized carbons (Fsp3) is 0.436. The van der Waals surface area contributed by atoms with Crippen molar-refractivity contribution < 1.29 is 28.2 Å². The van der Waals surface area contributed by atoms with E-state index in [4.69, 9.17) is 9.47 Å². The van der Waals surface area contributed by atoms with Crippen LogP contribution in [0.2, 0.25) is 0 Å². The largest absolute Gasteiger partial charge is 0.496 e. The van der Waals surface area contributed by atoms with E-state index in [1.807, 2.05) is 29.0 Å². The first-order valence-corrected chi connectivity index (χ1v) is 18.9. The number of nitrogens with zero attached hydrogens (tertiary/aromatic N) is 7. The number of fused-ring (bicyclic) bond motifs is 2. The maximum Gasteiger partial charge on any atom is 0.329 e. The molecule has 6 heterocycles. The Balaban J connectivity index is 0.877. The van der Waals surface area contributed by atoms with Crippen LogP contribution in [0.15, 0.2) is 41.5 Å². The van der Waals surface area contributed by atoms with Crippen LogP contribution in [0.3, 0.4) is 0 Å². The lowest BCUT2D eigenvalue weighted by atomic mass is 9.93. The van der Waals surface area contributed by atoms with Crippen LogP contribution in [0.25, 0.3) is 32.9 Å². The van der Waals surface area contributed by atoms with Crippen molar-refractivity contribution in [3.63, 3.8) is 0 Å². The van der Waals surface area contributed by atoms with Crippen molar-refractivity contribution in [1.29, 1.82) is 0 Å². The molecule has 3 aliphatic heterocycles. The highest BCUT2D eigenvalue weighted by Gasteiger charge is 2.34. The van der Waals surface area contributed by atoms with E-state index in [-0.39, 0.29) is 53.6 Å². The second-order valence-electron chi connectivity index (χ2n) is 14.8. The summed E-state index contributed by atoms with van der Waals surface area (Å²) in [7, 11) is 6.89. The van der Waals surface area contributed by atoms with Gasteiger partial charge in [-0.1, -0.05) is 0 Å². The third kappa shape index (κ3) is 6.58. The van der Waals surface area contributed by atoms with E-state index in [9.17, 15) is 19.2 Å². The van der Waals surface area contributed by atoms with Crippen molar-refractivity contribution in [3.8, 4) is 22.6 Å². The predicted molar refractivity (Wildman–Crippen MR) is 207 cm³/mol. The number of methoxy groups -OCH3 is 2. The lowest BCUT2D eigenvalue weighted by Crippen LogP contribution is -2.49. The summed E-state index contributed by atoms with van der Waals surface area (Å²) in [5.41, 5.74) is 3.50. The van der Waals surface area contributed by atoms with Gasteiger partial charge in [-0.2, -0.15) is 10.2 Å². The number of urea groups is 1. The van der Waals surface area contributed by atoms with E-state index >= 15 is 4.39 Å². The summed E-state index contributed by atoms with van der Waals surface area (Å²) in [4.78, 5) is 57.9. The van der Waals surface area contributed by atoms with Crippen LogP contribution in [0.1, 0.15) is 37.7 Å². The van der Waals surface area contributed by atoms with Gasteiger partial charge in [0.15, 0.2) is 11.6 Å². The Morgan fingerprint density at radius 1 is 0.946 bits per heavy atom.